The number of sulfone groups is 1. The highest BCUT2D eigenvalue weighted by atomic mass is 32.2. The van der Waals surface area contributed by atoms with Gasteiger partial charge in [-0.15, -0.1) is 0 Å². The molecule has 9 heteroatoms. The van der Waals surface area contributed by atoms with Crippen LogP contribution in [0, 0.1) is 5.41 Å². The number of aliphatic hydroxyl groups excluding tert-OH is 1. The van der Waals surface area contributed by atoms with Gasteiger partial charge in [0, 0.05) is 13.0 Å². The van der Waals surface area contributed by atoms with Crippen molar-refractivity contribution in [3.05, 3.63) is 24.3 Å². The van der Waals surface area contributed by atoms with Crippen LogP contribution in [-0.4, -0.2) is 67.3 Å². The molecule has 0 aliphatic carbocycles. The van der Waals surface area contributed by atoms with E-state index in [1.807, 2.05) is 20.8 Å². The van der Waals surface area contributed by atoms with Crippen molar-refractivity contribution in [2.45, 2.75) is 76.0 Å². The Labute approximate surface area is 190 Å². The van der Waals surface area contributed by atoms with E-state index < -0.39 is 22.0 Å². The molecule has 0 radical (unpaired) electrons. The lowest BCUT2D eigenvalue weighted by Crippen LogP contribution is -2.51. The predicted molar refractivity (Wildman–Crippen MR) is 120 cm³/mol. The molecule has 0 aromatic heterocycles. The van der Waals surface area contributed by atoms with Gasteiger partial charge < -0.3 is 20.1 Å². The molecule has 32 heavy (non-hydrogen) atoms. The molecule has 0 saturated carbocycles. The normalized spacial score (nSPS) is 26.6. The fourth-order valence-electron chi connectivity index (χ4n) is 4.21. The van der Waals surface area contributed by atoms with Crippen molar-refractivity contribution in [2.75, 3.05) is 18.9 Å². The molecule has 2 amide bonds. The van der Waals surface area contributed by atoms with Gasteiger partial charge in [-0.05, 0) is 49.3 Å². The molecular weight excluding hydrogens is 432 g/mol. The zero-order valence-corrected chi connectivity index (χ0v) is 19.9. The number of amides is 2. The minimum absolute atomic E-state index is 0.0433. The van der Waals surface area contributed by atoms with Crippen molar-refractivity contribution in [3.63, 3.8) is 0 Å². The van der Waals surface area contributed by atoms with Crippen molar-refractivity contribution in [2.24, 2.45) is 5.41 Å². The van der Waals surface area contributed by atoms with E-state index in [4.69, 9.17) is 4.74 Å². The molecular formula is C23H34N2O6S. The van der Waals surface area contributed by atoms with Crippen LogP contribution < -0.4 is 10.1 Å². The zero-order chi connectivity index (χ0) is 23.5. The predicted octanol–water partition coefficient (Wildman–Crippen LogP) is 1.91. The first-order valence-electron chi connectivity index (χ1n) is 11.2. The van der Waals surface area contributed by atoms with E-state index in [-0.39, 0.29) is 53.5 Å². The molecule has 1 aromatic rings. The van der Waals surface area contributed by atoms with Gasteiger partial charge >= 0.3 is 0 Å². The summed E-state index contributed by atoms with van der Waals surface area (Å²) < 4.78 is 31.2. The number of rotatable bonds is 2. The summed E-state index contributed by atoms with van der Waals surface area (Å²) in [5.74, 6) is -0.108. The van der Waals surface area contributed by atoms with Crippen LogP contribution in [0.5, 0.6) is 5.75 Å². The first-order chi connectivity index (χ1) is 14.9. The second kappa shape index (κ2) is 9.79. The lowest BCUT2D eigenvalue weighted by atomic mass is 9.91. The second-order valence-corrected chi connectivity index (χ2v) is 12.1. The van der Waals surface area contributed by atoms with Crippen LogP contribution >= 0.6 is 0 Å². The number of carbonyl (C=O) groups is 2. The average Bonchev–Trinajstić information content (AvgIpc) is 3.07. The van der Waals surface area contributed by atoms with Gasteiger partial charge in [-0.3, -0.25) is 9.59 Å². The molecule has 178 valence electrons. The molecule has 1 saturated heterocycles. The molecule has 2 bridgehead atoms. The van der Waals surface area contributed by atoms with Crippen LogP contribution in [0.2, 0.25) is 0 Å². The van der Waals surface area contributed by atoms with Crippen LogP contribution in [0.1, 0.15) is 52.9 Å². The number of fused-ring (bicyclic) bond motifs is 3. The highest BCUT2D eigenvalue weighted by molar-refractivity contribution is 7.91. The summed E-state index contributed by atoms with van der Waals surface area (Å²) in [5.41, 5.74) is -0.226. The molecule has 3 atom stereocenters. The van der Waals surface area contributed by atoms with Gasteiger partial charge in [-0.1, -0.05) is 26.8 Å². The van der Waals surface area contributed by atoms with Gasteiger partial charge in [-0.2, -0.15) is 0 Å². The molecule has 1 aromatic carbocycles. The van der Waals surface area contributed by atoms with E-state index in [0.717, 1.165) is 0 Å². The zero-order valence-electron chi connectivity index (χ0n) is 19.0. The molecule has 8 nitrogen and oxygen atoms in total. The molecule has 1 fully saturated rings. The maximum atomic E-state index is 13.4. The van der Waals surface area contributed by atoms with Gasteiger partial charge in [0.1, 0.15) is 18.4 Å². The third-order valence-electron chi connectivity index (χ3n) is 5.76. The fraction of sp³-hybridized carbons (Fsp3) is 0.652. The van der Waals surface area contributed by atoms with Gasteiger partial charge in [0.25, 0.3) is 0 Å². The third kappa shape index (κ3) is 6.45. The van der Waals surface area contributed by atoms with E-state index in [1.165, 1.54) is 6.07 Å². The Bertz CT molecular complexity index is 940. The Hall–Kier alpha value is -2.13. The largest absolute Gasteiger partial charge is 0.491 e. The molecule has 0 spiro atoms. The number of hydrogen-bond donors (Lipinski definition) is 2. The van der Waals surface area contributed by atoms with Gasteiger partial charge in [0.2, 0.25) is 11.8 Å². The SMILES string of the molecule is CC(C)(C)CC(=O)N[C@H]1CCCCS(=O)(=O)c2cccc(c2)OC[C@@H]2C[C@H](O)CN2C1=O. The van der Waals surface area contributed by atoms with Crippen LogP contribution in [0.15, 0.2) is 29.2 Å². The maximum absolute atomic E-state index is 13.4. The lowest BCUT2D eigenvalue weighted by molar-refractivity contribution is -0.138. The topological polar surface area (TPSA) is 113 Å². The van der Waals surface area contributed by atoms with Crippen molar-refractivity contribution < 1.29 is 27.9 Å². The standard InChI is InChI=1S/C23H34N2O6S/c1-23(2,3)13-21(27)24-20-9-4-5-10-32(29,30)19-8-6-7-18(12-19)31-15-16-11-17(26)14-25(16)22(20)28/h6-8,12,16-17,20,26H,4-5,9-11,13-15H2,1-3H3,(H,24,27)/t16-,17-,20-/m0/s1. The number of nitrogens with zero attached hydrogens (tertiary/aromatic N) is 1. The molecule has 0 unspecified atom stereocenters. The van der Waals surface area contributed by atoms with Gasteiger partial charge in [0.05, 0.1) is 22.8 Å². The van der Waals surface area contributed by atoms with Crippen molar-refractivity contribution in [3.8, 4) is 5.75 Å². The van der Waals surface area contributed by atoms with Crippen LogP contribution in [0.25, 0.3) is 0 Å². The van der Waals surface area contributed by atoms with Crippen LogP contribution in [0.4, 0.5) is 0 Å². The van der Waals surface area contributed by atoms with E-state index in [0.29, 0.717) is 31.4 Å². The number of carbonyl (C=O) groups excluding carboxylic acids is 2. The number of nitrogens with one attached hydrogen (secondary N) is 1. The Balaban J connectivity index is 1.85. The molecule has 3 rings (SSSR count). The molecule has 2 aliphatic heterocycles. The Morgan fingerprint density at radius 3 is 2.75 bits per heavy atom. The number of benzene rings is 1. The van der Waals surface area contributed by atoms with E-state index in [9.17, 15) is 23.1 Å². The quantitative estimate of drug-likeness (QED) is 0.688. The maximum Gasteiger partial charge on any atom is 0.245 e. The highest BCUT2D eigenvalue weighted by Gasteiger charge is 2.38. The minimum atomic E-state index is -3.48. The van der Waals surface area contributed by atoms with Crippen LogP contribution in [-0.2, 0) is 19.4 Å². The summed E-state index contributed by atoms with van der Waals surface area (Å²) in [5, 5.41) is 13.1. The summed E-state index contributed by atoms with van der Waals surface area (Å²) in [6.07, 6.45) is 1.16. The number of ether oxygens (including phenoxy) is 1. The molecule has 2 N–H and O–H groups in total. The fourth-order valence-corrected chi connectivity index (χ4v) is 5.61. The monoisotopic (exact) mass is 466 g/mol. The first-order valence-corrected chi connectivity index (χ1v) is 12.8. The third-order valence-corrected chi connectivity index (χ3v) is 7.56. The van der Waals surface area contributed by atoms with Crippen LogP contribution in [0.3, 0.4) is 0 Å². The smallest absolute Gasteiger partial charge is 0.245 e. The minimum Gasteiger partial charge on any atom is -0.491 e. The second-order valence-electron chi connectivity index (χ2n) is 9.99. The highest BCUT2D eigenvalue weighted by Crippen LogP contribution is 2.25. The lowest BCUT2D eigenvalue weighted by Gasteiger charge is -2.30. The first kappa shape index (κ1) is 24.5. The van der Waals surface area contributed by atoms with E-state index >= 15 is 0 Å². The average molecular weight is 467 g/mol. The summed E-state index contributed by atoms with van der Waals surface area (Å²) in [7, 11) is -3.48. The van der Waals surface area contributed by atoms with E-state index in [1.54, 1.807) is 23.1 Å². The van der Waals surface area contributed by atoms with Crippen molar-refractivity contribution >= 4 is 21.7 Å². The Kier molecular flexibility index (Phi) is 7.50. The van der Waals surface area contributed by atoms with Crippen molar-refractivity contribution in [1.82, 2.24) is 10.2 Å². The Morgan fingerprint density at radius 2 is 2.03 bits per heavy atom. The summed E-state index contributed by atoms with van der Waals surface area (Å²) in [6.45, 7) is 6.17. The van der Waals surface area contributed by atoms with E-state index in [2.05, 4.69) is 5.32 Å². The Morgan fingerprint density at radius 1 is 1.28 bits per heavy atom. The van der Waals surface area contributed by atoms with Crippen molar-refractivity contribution in [1.29, 1.82) is 0 Å². The van der Waals surface area contributed by atoms with Gasteiger partial charge in [0.15, 0.2) is 9.84 Å². The summed E-state index contributed by atoms with van der Waals surface area (Å²) >= 11 is 0. The summed E-state index contributed by atoms with van der Waals surface area (Å²) in [6, 6.07) is 5.26. The number of aliphatic hydroxyl groups is 1. The number of hydrogen-bond acceptors (Lipinski definition) is 6. The molecule has 2 aliphatic rings. The molecule has 2 heterocycles. The summed E-state index contributed by atoms with van der Waals surface area (Å²) in [4.78, 5) is 27.7. The van der Waals surface area contributed by atoms with Gasteiger partial charge in [-0.25, -0.2) is 8.42 Å².